The largest absolute Gasteiger partial charge is 0.436 e. The van der Waals surface area contributed by atoms with Crippen molar-refractivity contribution >= 4 is 68.8 Å². The number of anilines is 2. The molecule has 7 rings (SSSR count). The SMILES string of the molecule is O=C(CSc1cccc(NC(=O)/C(=C\c2cccc3ccccc23)NC(=O)c2ccccc2)c1)Nc1ccc(-c2nc3ccccc3o2)cc1. The van der Waals surface area contributed by atoms with E-state index in [1.54, 1.807) is 48.5 Å². The molecule has 0 saturated heterocycles. The topological polar surface area (TPSA) is 113 Å². The zero-order valence-corrected chi connectivity index (χ0v) is 27.4. The second kappa shape index (κ2) is 14.8. The van der Waals surface area contributed by atoms with Gasteiger partial charge in [-0.3, -0.25) is 14.4 Å². The van der Waals surface area contributed by atoms with E-state index in [-0.39, 0.29) is 17.4 Å². The molecule has 8 nitrogen and oxygen atoms in total. The summed E-state index contributed by atoms with van der Waals surface area (Å²) in [7, 11) is 0. The minimum absolute atomic E-state index is 0.0924. The number of hydrogen-bond donors (Lipinski definition) is 3. The highest BCUT2D eigenvalue weighted by Crippen LogP contribution is 2.27. The lowest BCUT2D eigenvalue weighted by Crippen LogP contribution is -2.30. The molecule has 0 unspecified atom stereocenters. The summed E-state index contributed by atoms with van der Waals surface area (Å²) in [6.45, 7) is 0. The lowest BCUT2D eigenvalue weighted by molar-refractivity contribution is -0.114. The van der Waals surface area contributed by atoms with Gasteiger partial charge in [0.15, 0.2) is 5.58 Å². The third-order valence-corrected chi connectivity index (χ3v) is 8.82. The number of nitrogens with zero attached hydrogens (tertiary/aromatic N) is 1. The molecule has 3 N–H and O–H groups in total. The van der Waals surface area contributed by atoms with Gasteiger partial charge in [-0.25, -0.2) is 4.98 Å². The third-order valence-electron chi connectivity index (χ3n) is 7.82. The molecule has 0 radical (unpaired) electrons. The lowest BCUT2D eigenvalue weighted by Gasteiger charge is -2.13. The van der Waals surface area contributed by atoms with Crippen molar-refractivity contribution in [1.29, 1.82) is 0 Å². The molecule has 0 aliphatic heterocycles. The van der Waals surface area contributed by atoms with Gasteiger partial charge < -0.3 is 20.4 Å². The van der Waals surface area contributed by atoms with E-state index in [1.807, 2.05) is 103 Å². The zero-order valence-electron chi connectivity index (χ0n) is 26.6. The van der Waals surface area contributed by atoms with E-state index in [0.29, 0.717) is 28.4 Å². The normalized spacial score (nSPS) is 11.3. The fourth-order valence-corrected chi connectivity index (χ4v) is 6.13. The maximum absolute atomic E-state index is 13.7. The van der Waals surface area contributed by atoms with Crippen LogP contribution in [0.2, 0.25) is 0 Å². The third kappa shape index (κ3) is 7.64. The first kappa shape index (κ1) is 32.1. The van der Waals surface area contributed by atoms with Gasteiger partial charge in [-0.2, -0.15) is 0 Å². The molecular formula is C41H30N4O4S. The Morgan fingerprint density at radius 2 is 1.44 bits per heavy atom. The molecule has 0 spiro atoms. The summed E-state index contributed by atoms with van der Waals surface area (Å²) in [6, 6.07) is 44.5. The van der Waals surface area contributed by atoms with Crippen LogP contribution < -0.4 is 16.0 Å². The molecule has 50 heavy (non-hydrogen) atoms. The summed E-state index contributed by atoms with van der Waals surface area (Å²) < 4.78 is 5.84. The average molecular weight is 675 g/mol. The van der Waals surface area contributed by atoms with E-state index in [1.165, 1.54) is 11.8 Å². The maximum atomic E-state index is 13.7. The van der Waals surface area contributed by atoms with Gasteiger partial charge in [0.1, 0.15) is 11.2 Å². The van der Waals surface area contributed by atoms with Crippen molar-refractivity contribution in [3.05, 3.63) is 162 Å². The first-order valence-corrected chi connectivity index (χ1v) is 16.8. The van der Waals surface area contributed by atoms with Gasteiger partial charge in [0, 0.05) is 27.4 Å². The van der Waals surface area contributed by atoms with E-state index in [0.717, 1.165) is 32.3 Å². The number of aromatic nitrogens is 1. The number of fused-ring (bicyclic) bond motifs is 2. The Morgan fingerprint density at radius 1 is 0.700 bits per heavy atom. The van der Waals surface area contributed by atoms with Gasteiger partial charge in [0.05, 0.1) is 5.75 Å². The number of rotatable bonds is 10. The standard InChI is InChI=1S/C41H30N4O4S/c46-38(42-31-22-20-29(21-23-31)41-45-35-18-6-7-19-37(35)49-41)26-50-33-16-9-15-32(25-33)43-40(48)36(44-39(47)28-11-2-1-3-12-28)24-30-14-8-13-27-10-4-5-17-34(27)30/h1-25H,26H2,(H,42,46)(H,43,48)(H,44,47)/b36-24+. The van der Waals surface area contributed by atoms with Crippen LogP contribution in [0.1, 0.15) is 15.9 Å². The van der Waals surface area contributed by atoms with Gasteiger partial charge in [0.25, 0.3) is 11.8 Å². The van der Waals surface area contributed by atoms with Crippen LogP contribution in [0.3, 0.4) is 0 Å². The van der Waals surface area contributed by atoms with Crippen LogP contribution in [0.15, 0.2) is 161 Å². The fourth-order valence-electron chi connectivity index (χ4n) is 5.37. The molecule has 1 aromatic heterocycles. The van der Waals surface area contributed by atoms with Crippen molar-refractivity contribution in [2.24, 2.45) is 0 Å². The van der Waals surface area contributed by atoms with Crippen molar-refractivity contribution in [3.8, 4) is 11.5 Å². The van der Waals surface area contributed by atoms with Gasteiger partial charge in [0.2, 0.25) is 11.8 Å². The van der Waals surface area contributed by atoms with Crippen LogP contribution in [-0.4, -0.2) is 28.5 Å². The molecule has 0 aliphatic rings. The summed E-state index contributed by atoms with van der Waals surface area (Å²) in [5, 5.41) is 10.6. The Morgan fingerprint density at radius 3 is 2.28 bits per heavy atom. The number of oxazole rings is 1. The van der Waals surface area contributed by atoms with Crippen molar-refractivity contribution in [3.63, 3.8) is 0 Å². The monoisotopic (exact) mass is 674 g/mol. The predicted molar refractivity (Wildman–Crippen MR) is 200 cm³/mol. The molecule has 244 valence electrons. The van der Waals surface area contributed by atoms with Crippen LogP contribution in [-0.2, 0) is 9.59 Å². The predicted octanol–water partition coefficient (Wildman–Crippen LogP) is 8.79. The number of carbonyl (C=O) groups excluding carboxylic acids is 3. The Balaban J connectivity index is 1.01. The summed E-state index contributed by atoms with van der Waals surface area (Å²) in [6.07, 6.45) is 1.68. The van der Waals surface area contributed by atoms with Crippen LogP contribution in [0, 0.1) is 0 Å². The Bertz CT molecular complexity index is 2330. The highest BCUT2D eigenvalue weighted by atomic mass is 32.2. The lowest BCUT2D eigenvalue weighted by atomic mass is 10.0. The Kier molecular flexibility index (Phi) is 9.48. The zero-order chi connectivity index (χ0) is 34.3. The molecule has 7 aromatic rings. The number of para-hydroxylation sites is 2. The smallest absolute Gasteiger partial charge is 0.272 e. The second-order valence-corrected chi connectivity index (χ2v) is 12.4. The molecule has 0 atom stereocenters. The Labute approximate surface area is 292 Å². The van der Waals surface area contributed by atoms with Gasteiger partial charge in [-0.15, -0.1) is 11.8 Å². The van der Waals surface area contributed by atoms with E-state index >= 15 is 0 Å². The van der Waals surface area contributed by atoms with Crippen LogP contribution in [0.4, 0.5) is 11.4 Å². The second-order valence-electron chi connectivity index (χ2n) is 11.3. The van der Waals surface area contributed by atoms with Gasteiger partial charge in [-0.05, 0) is 89.1 Å². The van der Waals surface area contributed by atoms with E-state index in [9.17, 15) is 14.4 Å². The molecule has 0 bridgehead atoms. The number of amides is 3. The molecule has 9 heteroatoms. The molecule has 3 amide bonds. The van der Waals surface area contributed by atoms with Crippen LogP contribution >= 0.6 is 11.8 Å². The van der Waals surface area contributed by atoms with Crippen molar-refractivity contribution in [1.82, 2.24) is 10.3 Å². The number of hydrogen-bond acceptors (Lipinski definition) is 6. The molecule has 0 saturated carbocycles. The number of benzene rings is 6. The average Bonchev–Trinajstić information content (AvgIpc) is 3.59. The summed E-state index contributed by atoms with van der Waals surface area (Å²) >= 11 is 1.34. The molecular weight excluding hydrogens is 645 g/mol. The van der Waals surface area contributed by atoms with Crippen molar-refractivity contribution in [2.45, 2.75) is 4.90 Å². The number of nitrogens with one attached hydrogen (secondary N) is 3. The summed E-state index contributed by atoms with van der Waals surface area (Å²) in [5.41, 5.74) is 4.79. The first-order chi connectivity index (χ1) is 24.5. The van der Waals surface area contributed by atoms with E-state index in [4.69, 9.17) is 4.42 Å². The summed E-state index contributed by atoms with van der Waals surface area (Å²) in [5.74, 6) is -0.389. The Hall–Kier alpha value is -6.45. The van der Waals surface area contributed by atoms with Gasteiger partial charge in [-0.1, -0.05) is 78.9 Å². The molecule has 0 fully saturated rings. The quantitative estimate of drug-likeness (QED) is 0.0988. The fraction of sp³-hybridized carbons (Fsp3) is 0.0244. The maximum Gasteiger partial charge on any atom is 0.272 e. The first-order valence-electron chi connectivity index (χ1n) is 15.8. The minimum Gasteiger partial charge on any atom is -0.436 e. The minimum atomic E-state index is -0.483. The highest BCUT2D eigenvalue weighted by molar-refractivity contribution is 8.00. The van der Waals surface area contributed by atoms with E-state index in [2.05, 4.69) is 20.9 Å². The van der Waals surface area contributed by atoms with Gasteiger partial charge >= 0.3 is 0 Å². The van der Waals surface area contributed by atoms with Crippen LogP contribution in [0.5, 0.6) is 0 Å². The summed E-state index contributed by atoms with van der Waals surface area (Å²) in [4.78, 5) is 44.9. The number of thioether (sulfide) groups is 1. The van der Waals surface area contributed by atoms with E-state index < -0.39 is 11.8 Å². The molecule has 0 aliphatic carbocycles. The molecule has 6 aromatic carbocycles. The van der Waals surface area contributed by atoms with Crippen molar-refractivity contribution in [2.75, 3.05) is 16.4 Å². The van der Waals surface area contributed by atoms with Crippen molar-refractivity contribution < 1.29 is 18.8 Å². The molecule has 1 heterocycles. The highest BCUT2D eigenvalue weighted by Gasteiger charge is 2.16. The number of carbonyl (C=O) groups is 3. The van der Waals surface area contributed by atoms with Crippen LogP contribution in [0.25, 0.3) is 39.4 Å².